The first-order valence-electron chi connectivity index (χ1n) is 13.3. The van der Waals surface area contributed by atoms with E-state index in [9.17, 15) is 4.79 Å². The molecule has 190 valence electrons. The summed E-state index contributed by atoms with van der Waals surface area (Å²) in [6, 6.07) is 11.4. The molecule has 2 aromatic carbocycles. The van der Waals surface area contributed by atoms with Crippen molar-refractivity contribution >= 4 is 5.97 Å². The fraction of sp³-hybridized carbons (Fsp3) is 0.567. The zero-order valence-corrected chi connectivity index (χ0v) is 21.4. The molecule has 2 atom stereocenters. The summed E-state index contributed by atoms with van der Waals surface area (Å²) < 4.78 is 32.6. The van der Waals surface area contributed by atoms with Crippen LogP contribution >= 0.6 is 0 Å². The van der Waals surface area contributed by atoms with Crippen molar-refractivity contribution in [2.24, 2.45) is 5.92 Å². The fourth-order valence-corrected chi connectivity index (χ4v) is 5.63. The van der Waals surface area contributed by atoms with Gasteiger partial charge in [-0.1, -0.05) is 44.0 Å². The molecule has 0 aromatic heterocycles. The summed E-state index contributed by atoms with van der Waals surface area (Å²) in [4.78, 5) is 12.7. The Labute approximate surface area is 209 Å². The van der Waals surface area contributed by atoms with Gasteiger partial charge in [0, 0.05) is 11.5 Å². The summed E-state index contributed by atoms with van der Waals surface area (Å²) in [5.74, 6) is 1.21. The van der Waals surface area contributed by atoms with E-state index in [1.54, 1.807) is 0 Å². The van der Waals surface area contributed by atoms with Crippen LogP contribution in [0.5, 0.6) is 5.75 Å². The van der Waals surface area contributed by atoms with E-state index in [2.05, 4.69) is 6.92 Å². The number of benzene rings is 2. The van der Waals surface area contributed by atoms with E-state index in [0.29, 0.717) is 30.8 Å². The predicted molar refractivity (Wildman–Crippen MR) is 136 cm³/mol. The molecule has 2 fully saturated rings. The zero-order valence-electron chi connectivity index (χ0n) is 21.4. The van der Waals surface area contributed by atoms with Crippen LogP contribution < -0.4 is 4.74 Å². The van der Waals surface area contributed by atoms with Crippen LogP contribution in [0.15, 0.2) is 36.4 Å². The minimum atomic E-state index is -0.507. The Balaban J connectivity index is 1.32. The van der Waals surface area contributed by atoms with E-state index in [1.807, 2.05) is 50.2 Å². The number of hydrogen-bond acceptors (Lipinski definition) is 4. The summed E-state index contributed by atoms with van der Waals surface area (Å²) in [6.45, 7) is 7.01. The summed E-state index contributed by atoms with van der Waals surface area (Å²) in [7, 11) is 0. The van der Waals surface area contributed by atoms with Crippen molar-refractivity contribution in [3.8, 4) is 16.9 Å². The van der Waals surface area contributed by atoms with E-state index in [-0.39, 0.29) is 23.8 Å². The third-order valence-corrected chi connectivity index (χ3v) is 7.66. The molecular weight excluding hydrogens is 443 g/mol. The van der Waals surface area contributed by atoms with Gasteiger partial charge in [0.15, 0.2) is 6.10 Å². The Morgan fingerprint density at radius 1 is 1.00 bits per heavy atom. The number of carbonyl (C=O) groups is 1. The van der Waals surface area contributed by atoms with Crippen LogP contribution in [0.4, 0.5) is 4.39 Å². The molecule has 0 spiro atoms. The van der Waals surface area contributed by atoms with Gasteiger partial charge in [0.25, 0.3) is 0 Å². The average molecular weight is 483 g/mol. The van der Waals surface area contributed by atoms with Crippen LogP contribution in [0.2, 0.25) is 0 Å². The first-order valence-corrected chi connectivity index (χ1v) is 13.3. The van der Waals surface area contributed by atoms with E-state index in [0.717, 1.165) is 54.9 Å². The van der Waals surface area contributed by atoms with E-state index in [4.69, 9.17) is 14.2 Å². The number of rotatable bonds is 8. The molecule has 35 heavy (non-hydrogen) atoms. The Morgan fingerprint density at radius 2 is 1.74 bits per heavy atom. The van der Waals surface area contributed by atoms with Crippen molar-refractivity contribution in [2.75, 3.05) is 13.2 Å². The van der Waals surface area contributed by atoms with Crippen molar-refractivity contribution in [1.82, 2.24) is 0 Å². The van der Waals surface area contributed by atoms with Crippen LogP contribution in [0.3, 0.4) is 0 Å². The van der Waals surface area contributed by atoms with Gasteiger partial charge in [-0.3, -0.25) is 0 Å². The highest BCUT2D eigenvalue weighted by atomic mass is 19.1. The highest BCUT2D eigenvalue weighted by Gasteiger charge is 2.32. The first-order chi connectivity index (χ1) is 17.0. The van der Waals surface area contributed by atoms with Gasteiger partial charge in [-0.05, 0) is 87.1 Å². The minimum Gasteiger partial charge on any atom is -0.494 e. The molecule has 0 radical (unpaired) electrons. The molecule has 0 bridgehead atoms. The second-order valence-electron chi connectivity index (χ2n) is 10.1. The summed E-state index contributed by atoms with van der Waals surface area (Å²) >= 11 is 0. The largest absolute Gasteiger partial charge is 0.494 e. The maximum atomic E-state index is 15.3. The topological polar surface area (TPSA) is 44.8 Å². The van der Waals surface area contributed by atoms with Crippen LogP contribution in [-0.2, 0) is 14.3 Å². The van der Waals surface area contributed by atoms with Gasteiger partial charge in [0.05, 0.1) is 13.2 Å². The lowest BCUT2D eigenvalue weighted by atomic mass is 9.84. The van der Waals surface area contributed by atoms with Crippen molar-refractivity contribution in [3.05, 3.63) is 53.3 Å². The summed E-state index contributed by atoms with van der Waals surface area (Å²) in [5, 5.41) is 0. The summed E-state index contributed by atoms with van der Waals surface area (Å²) in [6.07, 6.45) is 7.64. The molecule has 1 heterocycles. The molecule has 2 unspecified atom stereocenters. The smallest absolute Gasteiger partial charge is 0.335 e. The van der Waals surface area contributed by atoms with Gasteiger partial charge in [0.1, 0.15) is 17.7 Å². The van der Waals surface area contributed by atoms with Crippen molar-refractivity contribution in [1.29, 1.82) is 0 Å². The molecule has 4 nitrogen and oxygen atoms in total. The van der Waals surface area contributed by atoms with Gasteiger partial charge in [-0.25, -0.2) is 9.18 Å². The molecular formula is C30H39FO4. The highest BCUT2D eigenvalue weighted by molar-refractivity contribution is 5.75. The zero-order chi connectivity index (χ0) is 24.8. The second kappa shape index (κ2) is 12.0. The molecule has 1 aliphatic carbocycles. The third-order valence-electron chi connectivity index (χ3n) is 7.66. The molecule has 4 rings (SSSR count). The number of halogens is 1. The number of hydrogen-bond donors (Lipinski definition) is 0. The minimum absolute atomic E-state index is 0.0309. The van der Waals surface area contributed by atoms with Crippen molar-refractivity contribution in [2.45, 2.75) is 90.3 Å². The lowest BCUT2D eigenvalue weighted by molar-refractivity contribution is -0.168. The Morgan fingerprint density at radius 3 is 2.37 bits per heavy atom. The molecule has 1 aliphatic heterocycles. The molecule has 0 N–H and O–H groups in total. The van der Waals surface area contributed by atoms with Gasteiger partial charge in [-0.2, -0.15) is 0 Å². The standard InChI is InChI=1S/C30H39FO4/c1-4-6-21-7-12-25(13-8-21)35-30(32)28-18-11-23(19-34-28)26-16-17-27(29(31)20(26)3)22-9-14-24(15-10-22)33-5-2/h9-10,14-17,21,23,25,28H,4-8,11-13,18-19H2,1-3H3. The molecule has 5 heteroatoms. The highest BCUT2D eigenvalue weighted by Crippen LogP contribution is 2.36. The predicted octanol–water partition coefficient (Wildman–Crippen LogP) is 7.36. The monoisotopic (exact) mass is 482 g/mol. The molecule has 1 saturated carbocycles. The van der Waals surface area contributed by atoms with Crippen LogP contribution in [0.1, 0.15) is 82.3 Å². The van der Waals surface area contributed by atoms with Crippen LogP contribution in [0, 0.1) is 18.7 Å². The van der Waals surface area contributed by atoms with Gasteiger partial charge in [-0.15, -0.1) is 0 Å². The number of esters is 1. The molecule has 0 amide bonds. The lowest BCUT2D eigenvalue weighted by Gasteiger charge is -2.32. The van der Waals surface area contributed by atoms with Crippen LogP contribution in [-0.4, -0.2) is 31.4 Å². The normalized spacial score (nSPS) is 24.7. The number of carbonyl (C=O) groups excluding carboxylic acids is 1. The van der Waals surface area contributed by atoms with Gasteiger partial charge >= 0.3 is 5.97 Å². The third kappa shape index (κ3) is 6.24. The Hall–Kier alpha value is -2.40. The maximum Gasteiger partial charge on any atom is 0.335 e. The molecule has 1 saturated heterocycles. The Kier molecular flexibility index (Phi) is 8.83. The Bertz CT molecular complexity index is 971. The van der Waals surface area contributed by atoms with E-state index >= 15 is 4.39 Å². The van der Waals surface area contributed by atoms with Crippen molar-refractivity contribution in [3.63, 3.8) is 0 Å². The maximum absolute atomic E-state index is 15.3. The molecule has 2 aliphatic rings. The summed E-state index contributed by atoms with van der Waals surface area (Å²) in [5.41, 5.74) is 3.02. The van der Waals surface area contributed by atoms with Gasteiger partial charge in [0.2, 0.25) is 0 Å². The van der Waals surface area contributed by atoms with E-state index in [1.165, 1.54) is 12.8 Å². The molecule has 2 aromatic rings. The first kappa shape index (κ1) is 25.7. The average Bonchev–Trinajstić information content (AvgIpc) is 2.88. The lowest BCUT2D eigenvalue weighted by Crippen LogP contribution is -2.36. The van der Waals surface area contributed by atoms with Crippen LogP contribution in [0.25, 0.3) is 11.1 Å². The second-order valence-corrected chi connectivity index (χ2v) is 10.1. The fourth-order valence-electron chi connectivity index (χ4n) is 5.63. The number of ether oxygens (including phenoxy) is 3. The quantitative estimate of drug-likeness (QED) is 0.369. The van der Waals surface area contributed by atoms with Crippen molar-refractivity contribution < 1.29 is 23.4 Å². The SMILES string of the molecule is CCCC1CCC(OC(=O)C2CCC(c3ccc(-c4ccc(OCC)cc4)c(F)c3C)CO2)CC1. The van der Waals surface area contributed by atoms with E-state index < -0.39 is 6.10 Å². The van der Waals surface area contributed by atoms with Gasteiger partial charge < -0.3 is 14.2 Å².